The summed E-state index contributed by atoms with van der Waals surface area (Å²) in [7, 11) is 0. The third-order valence-corrected chi connectivity index (χ3v) is 4.11. The average molecular weight is 336 g/mol. The molecule has 0 aliphatic heterocycles. The highest BCUT2D eigenvalue weighted by molar-refractivity contribution is 8.00. The summed E-state index contributed by atoms with van der Waals surface area (Å²) < 4.78 is 0.877. The largest absolute Gasteiger partial charge is 0.395 e. The smallest absolute Gasteiger partial charge is 0.295 e. The van der Waals surface area contributed by atoms with E-state index < -0.39 is 28.7 Å². The average Bonchev–Trinajstić information content (AvgIpc) is 2.50. The van der Waals surface area contributed by atoms with E-state index in [0.29, 0.717) is 10.9 Å². The molecule has 0 unspecified atom stereocenters. The van der Waals surface area contributed by atoms with Crippen LogP contribution in [0.15, 0.2) is 34.2 Å². The lowest BCUT2D eigenvalue weighted by atomic mass is 10.2. The minimum Gasteiger partial charge on any atom is -0.395 e. The number of hydrogen-bond donors (Lipinski definition) is 2. The molecule has 9 heteroatoms. The van der Waals surface area contributed by atoms with Gasteiger partial charge in [-0.15, -0.1) is 4.73 Å². The van der Waals surface area contributed by atoms with Gasteiger partial charge in [-0.05, 0) is 26.0 Å². The number of aromatic nitrogens is 2. The van der Waals surface area contributed by atoms with Crippen molar-refractivity contribution in [3.05, 3.63) is 34.6 Å². The van der Waals surface area contributed by atoms with Crippen LogP contribution < -0.4 is 21.9 Å². The predicted molar refractivity (Wildman–Crippen MR) is 85.8 cm³/mol. The second kappa shape index (κ2) is 6.69. The van der Waals surface area contributed by atoms with Crippen LogP contribution in [0.4, 0.5) is 0 Å². The summed E-state index contributed by atoms with van der Waals surface area (Å²) in [6.07, 6.45) is -1.04. The number of para-hydroxylation sites is 1. The standard InChI is InChI=1S/C14H16N4O4S/c1-7(11(15)19)22-18-13(21)9-5-3-4-6-10(9)17-14(18)23-8(2)12(16)20/h3-8H,1-2H3,(H2,15,19)(H2,16,20)/t7-,8+/m0/s1. The summed E-state index contributed by atoms with van der Waals surface area (Å²) >= 11 is 0.961. The Hall–Kier alpha value is -2.55. The van der Waals surface area contributed by atoms with E-state index in [1.54, 1.807) is 31.2 Å². The van der Waals surface area contributed by atoms with E-state index in [2.05, 4.69) is 4.98 Å². The van der Waals surface area contributed by atoms with Crippen LogP contribution in [0.1, 0.15) is 13.8 Å². The molecule has 1 aromatic heterocycles. The van der Waals surface area contributed by atoms with Crippen molar-refractivity contribution in [2.45, 2.75) is 30.4 Å². The number of benzene rings is 1. The molecule has 0 radical (unpaired) electrons. The Morgan fingerprint density at radius 2 is 1.87 bits per heavy atom. The maximum absolute atomic E-state index is 12.6. The molecule has 2 amide bonds. The van der Waals surface area contributed by atoms with Gasteiger partial charge >= 0.3 is 0 Å². The number of amides is 2. The van der Waals surface area contributed by atoms with Crippen molar-refractivity contribution in [2.75, 3.05) is 0 Å². The zero-order chi connectivity index (χ0) is 17.1. The Morgan fingerprint density at radius 3 is 2.48 bits per heavy atom. The zero-order valence-electron chi connectivity index (χ0n) is 12.6. The van der Waals surface area contributed by atoms with Gasteiger partial charge in [0.05, 0.1) is 16.2 Å². The molecule has 0 bridgehead atoms. The number of nitrogens with zero attached hydrogens (tertiary/aromatic N) is 2. The summed E-state index contributed by atoms with van der Waals surface area (Å²) in [6.45, 7) is 2.99. The molecule has 23 heavy (non-hydrogen) atoms. The molecule has 8 nitrogen and oxygen atoms in total. The van der Waals surface area contributed by atoms with Crippen LogP contribution in [-0.2, 0) is 9.59 Å². The molecular weight excluding hydrogens is 320 g/mol. The number of thioether (sulfide) groups is 1. The molecule has 1 aromatic carbocycles. The van der Waals surface area contributed by atoms with Gasteiger partial charge in [-0.3, -0.25) is 14.4 Å². The molecule has 1 heterocycles. The number of nitrogens with two attached hydrogens (primary N) is 2. The molecule has 2 aromatic rings. The number of carbonyl (C=O) groups excluding carboxylic acids is 2. The van der Waals surface area contributed by atoms with Gasteiger partial charge in [-0.25, -0.2) is 4.98 Å². The van der Waals surface area contributed by atoms with Gasteiger partial charge in [0, 0.05) is 0 Å². The van der Waals surface area contributed by atoms with E-state index >= 15 is 0 Å². The Bertz CT molecular complexity index is 820. The topological polar surface area (TPSA) is 130 Å². The first-order valence-corrected chi connectivity index (χ1v) is 7.63. The van der Waals surface area contributed by atoms with Crippen LogP contribution in [0.5, 0.6) is 0 Å². The van der Waals surface area contributed by atoms with Crippen LogP contribution in [0.3, 0.4) is 0 Å². The van der Waals surface area contributed by atoms with Crippen molar-refractivity contribution in [1.82, 2.24) is 9.71 Å². The Labute approximate surface area is 135 Å². The first-order valence-electron chi connectivity index (χ1n) is 6.75. The normalized spacial score (nSPS) is 13.5. The first-order chi connectivity index (χ1) is 10.8. The van der Waals surface area contributed by atoms with Gasteiger partial charge in [0.2, 0.25) is 11.1 Å². The van der Waals surface area contributed by atoms with E-state index in [9.17, 15) is 14.4 Å². The molecule has 0 spiro atoms. The fourth-order valence-corrected chi connectivity index (χ4v) is 2.50. The summed E-state index contributed by atoms with van der Waals surface area (Å²) in [5, 5.41) is -0.199. The first kappa shape index (κ1) is 16.8. The van der Waals surface area contributed by atoms with Crippen molar-refractivity contribution in [3.8, 4) is 0 Å². The van der Waals surface area contributed by atoms with Crippen LogP contribution in [0.25, 0.3) is 10.9 Å². The van der Waals surface area contributed by atoms with Gasteiger partial charge in [0.25, 0.3) is 11.5 Å². The number of carbonyl (C=O) groups is 2. The lowest BCUT2D eigenvalue weighted by Crippen LogP contribution is -2.41. The maximum Gasteiger partial charge on any atom is 0.295 e. The van der Waals surface area contributed by atoms with Gasteiger partial charge < -0.3 is 16.3 Å². The fourth-order valence-electron chi connectivity index (χ4n) is 1.69. The van der Waals surface area contributed by atoms with E-state index in [-0.39, 0.29) is 5.16 Å². The second-order valence-corrected chi connectivity index (χ2v) is 6.13. The monoisotopic (exact) mass is 336 g/mol. The molecule has 122 valence electrons. The fraction of sp³-hybridized carbons (Fsp3) is 0.286. The Kier molecular flexibility index (Phi) is 4.89. The van der Waals surface area contributed by atoms with Crippen LogP contribution in [0.2, 0.25) is 0 Å². The summed E-state index contributed by atoms with van der Waals surface area (Å²) in [4.78, 5) is 44.7. The molecule has 2 rings (SSSR count). The molecular formula is C14H16N4O4S. The molecule has 0 aliphatic carbocycles. The lowest BCUT2D eigenvalue weighted by molar-refractivity contribution is -0.129. The molecule has 4 N–H and O–H groups in total. The highest BCUT2D eigenvalue weighted by atomic mass is 32.2. The van der Waals surface area contributed by atoms with Crippen molar-refractivity contribution in [1.29, 1.82) is 0 Å². The quantitative estimate of drug-likeness (QED) is 0.548. The molecule has 0 aliphatic rings. The number of rotatable bonds is 6. The molecule has 0 fully saturated rings. The van der Waals surface area contributed by atoms with E-state index in [1.165, 1.54) is 6.92 Å². The van der Waals surface area contributed by atoms with Crippen molar-refractivity contribution in [2.24, 2.45) is 11.5 Å². The summed E-state index contributed by atoms with van der Waals surface area (Å²) in [5.41, 5.74) is 10.4. The maximum atomic E-state index is 12.6. The van der Waals surface area contributed by atoms with Gasteiger partial charge in [-0.1, -0.05) is 23.9 Å². The van der Waals surface area contributed by atoms with Gasteiger partial charge in [0.1, 0.15) is 0 Å². The van der Waals surface area contributed by atoms with Crippen LogP contribution >= 0.6 is 11.8 Å². The Morgan fingerprint density at radius 1 is 1.22 bits per heavy atom. The van der Waals surface area contributed by atoms with E-state index in [0.717, 1.165) is 16.5 Å². The number of fused-ring (bicyclic) bond motifs is 1. The molecule has 0 saturated heterocycles. The third kappa shape index (κ3) is 3.62. The number of primary amides is 2. The summed E-state index contributed by atoms with van der Waals surface area (Å²) in [6, 6.07) is 6.67. The Balaban J connectivity index is 2.59. The van der Waals surface area contributed by atoms with E-state index in [4.69, 9.17) is 16.3 Å². The predicted octanol–water partition coefficient (Wildman–Crippen LogP) is -0.335. The van der Waals surface area contributed by atoms with Gasteiger partial charge in [-0.2, -0.15) is 0 Å². The van der Waals surface area contributed by atoms with Crippen molar-refractivity contribution >= 4 is 34.5 Å². The SMILES string of the molecule is C[C@H](On1c(S[C@H](C)C(N)=O)nc2ccccc2c1=O)C(N)=O. The highest BCUT2D eigenvalue weighted by Crippen LogP contribution is 2.21. The van der Waals surface area contributed by atoms with Crippen molar-refractivity contribution in [3.63, 3.8) is 0 Å². The van der Waals surface area contributed by atoms with Crippen LogP contribution in [-0.4, -0.2) is 32.9 Å². The lowest BCUT2D eigenvalue weighted by Gasteiger charge is -2.17. The minimum absolute atomic E-state index is 0.119. The zero-order valence-corrected chi connectivity index (χ0v) is 13.4. The molecule has 2 atom stereocenters. The van der Waals surface area contributed by atoms with Crippen LogP contribution in [0, 0.1) is 0 Å². The summed E-state index contributed by atoms with van der Waals surface area (Å²) in [5.74, 6) is -1.30. The number of hydrogen-bond acceptors (Lipinski definition) is 6. The minimum atomic E-state index is -1.04. The van der Waals surface area contributed by atoms with Gasteiger partial charge in [0.15, 0.2) is 6.10 Å². The van der Waals surface area contributed by atoms with E-state index in [1.807, 2.05) is 0 Å². The highest BCUT2D eigenvalue weighted by Gasteiger charge is 2.21. The molecule has 0 saturated carbocycles. The third-order valence-electron chi connectivity index (χ3n) is 3.06. The van der Waals surface area contributed by atoms with Crippen molar-refractivity contribution < 1.29 is 14.4 Å². The second-order valence-electron chi connectivity index (χ2n) is 4.82.